The van der Waals surface area contributed by atoms with Crippen molar-refractivity contribution in [3.8, 4) is 5.75 Å². The van der Waals surface area contributed by atoms with Crippen LogP contribution in [0.15, 0.2) is 12.3 Å². The van der Waals surface area contributed by atoms with Crippen LogP contribution in [0, 0.1) is 0 Å². The van der Waals surface area contributed by atoms with Crippen LogP contribution in [0.3, 0.4) is 0 Å². The molecule has 0 bridgehead atoms. The molecule has 1 aliphatic carbocycles. The number of nitrogens with zero attached hydrogens (tertiary/aromatic N) is 2. The lowest BCUT2D eigenvalue weighted by molar-refractivity contribution is -0.121. The molecule has 0 atom stereocenters. The summed E-state index contributed by atoms with van der Waals surface area (Å²) >= 11 is 2.98. The highest BCUT2D eigenvalue weighted by atomic mass is 79.9. The Morgan fingerprint density at radius 3 is 2.56 bits per heavy atom. The van der Waals surface area contributed by atoms with Crippen LogP contribution >= 0.6 is 15.9 Å². The number of halogens is 1. The fraction of sp³-hybridized carbons (Fsp3) is 0.600. The topological polar surface area (TPSA) is 62.7 Å². The molecule has 1 amide bonds. The first-order valence-electron chi connectivity index (χ1n) is 7.96. The normalized spacial score (nSPS) is 26.8. The average molecular weight is 394 g/mol. The van der Waals surface area contributed by atoms with Crippen LogP contribution < -0.4 is 9.64 Å². The lowest BCUT2D eigenvalue weighted by atomic mass is 9.45. The Morgan fingerprint density at radius 2 is 2.00 bits per heavy atom. The number of aromatic nitrogens is 1. The zero-order valence-corrected chi connectivity index (χ0v) is 15.5. The lowest BCUT2D eigenvalue weighted by Crippen LogP contribution is -2.57. The van der Waals surface area contributed by atoms with Gasteiger partial charge in [0, 0.05) is 17.9 Å². The van der Waals surface area contributed by atoms with Crippen molar-refractivity contribution < 1.29 is 14.6 Å². The quantitative estimate of drug-likeness (QED) is 0.578. The highest BCUT2D eigenvalue weighted by Crippen LogP contribution is 2.41. The van der Waals surface area contributed by atoms with Gasteiger partial charge in [-0.05, 0) is 41.9 Å². The smallest absolute Gasteiger partial charge is 0.228 e. The number of ether oxygens (including phenoxy) is 1. The van der Waals surface area contributed by atoms with E-state index in [9.17, 15) is 9.90 Å². The summed E-state index contributed by atoms with van der Waals surface area (Å²) in [6.07, 6.45) is 3.38. The predicted octanol–water partition coefficient (Wildman–Crippen LogP) is 0.0295. The summed E-state index contributed by atoms with van der Waals surface area (Å²) in [4.78, 5) is 18.4. The maximum absolute atomic E-state index is 12.3. The zero-order chi connectivity index (χ0) is 18.6. The Bertz CT molecular complexity index is 701. The summed E-state index contributed by atoms with van der Waals surface area (Å²) in [5.74, 6) is 0.886. The summed E-state index contributed by atoms with van der Waals surface area (Å²) in [5, 5.41) is 8.10. The Labute approximate surface area is 161 Å². The van der Waals surface area contributed by atoms with Crippen molar-refractivity contribution in [2.24, 2.45) is 0 Å². The molecule has 25 heavy (non-hydrogen) atoms. The summed E-state index contributed by atoms with van der Waals surface area (Å²) in [6, 6.07) is 1.68. The van der Waals surface area contributed by atoms with Crippen molar-refractivity contribution in [2.75, 3.05) is 4.90 Å². The number of hydrogen-bond acceptors (Lipinski definition) is 4. The summed E-state index contributed by atoms with van der Waals surface area (Å²) in [6.45, 7) is 1.76. The third-order valence-electron chi connectivity index (χ3n) is 4.62. The minimum atomic E-state index is -1.86. The highest BCUT2D eigenvalue weighted by Gasteiger charge is 2.45. The van der Waals surface area contributed by atoms with Crippen LogP contribution in [0.4, 0.5) is 5.82 Å². The van der Waals surface area contributed by atoms with Gasteiger partial charge >= 0.3 is 0 Å². The first kappa shape index (κ1) is 18.9. The van der Waals surface area contributed by atoms with Crippen LogP contribution in [-0.2, 0) is 11.2 Å². The van der Waals surface area contributed by atoms with Gasteiger partial charge < -0.3 is 9.84 Å². The van der Waals surface area contributed by atoms with Gasteiger partial charge in [-0.2, -0.15) is 0 Å². The Morgan fingerprint density at radius 1 is 1.36 bits per heavy atom. The fourth-order valence-electron chi connectivity index (χ4n) is 3.21. The highest BCUT2D eigenvalue weighted by molar-refractivity contribution is 9.11. The van der Waals surface area contributed by atoms with E-state index in [0.717, 1.165) is 5.56 Å². The van der Waals surface area contributed by atoms with E-state index in [4.69, 9.17) is 36.1 Å². The number of alkyl halides is 1. The number of anilines is 1. The molecule has 1 N–H and O–H groups in total. The molecular formula is C15H15B4BrN2O3. The van der Waals surface area contributed by atoms with Gasteiger partial charge in [-0.3, -0.25) is 9.69 Å². The van der Waals surface area contributed by atoms with E-state index in [-0.39, 0.29) is 11.9 Å². The molecule has 5 nitrogen and oxygen atoms in total. The number of carbonyl (C=O) groups is 1. The van der Waals surface area contributed by atoms with Gasteiger partial charge in [0.15, 0.2) is 0 Å². The van der Waals surface area contributed by atoms with Gasteiger partial charge in [0.1, 0.15) is 27.3 Å². The van der Waals surface area contributed by atoms with Gasteiger partial charge in [-0.15, -0.1) is 15.9 Å². The number of pyridine rings is 1. The van der Waals surface area contributed by atoms with Gasteiger partial charge in [0.2, 0.25) is 5.91 Å². The van der Waals surface area contributed by atoms with E-state index in [0.29, 0.717) is 37.3 Å². The number of aliphatic hydroxyl groups is 1. The van der Waals surface area contributed by atoms with Gasteiger partial charge in [0.05, 0.1) is 27.5 Å². The molecule has 1 saturated carbocycles. The van der Waals surface area contributed by atoms with Crippen molar-refractivity contribution in [1.29, 1.82) is 0 Å². The number of fused-ring (bicyclic) bond motifs is 1. The number of aryl methyl sites for hydroxylation is 1. The third-order valence-corrected chi connectivity index (χ3v) is 5.24. The van der Waals surface area contributed by atoms with Crippen molar-refractivity contribution in [3.63, 3.8) is 0 Å². The second-order valence-electron chi connectivity index (χ2n) is 7.14. The predicted molar refractivity (Wildman–Crippen MR) is 102 cm³/mol. The fourth-order valence-corrected chi connectivity index (χ4v) is 3.29. The molecule has 10 heteroatoms. The second-order valence-corrected chi connectivity index (χ2v) is 8.45. The molecule has 122 valence electrons. The standard InChI is InChI=1S/C15H15B4BrN2O3/c1-13(24)5-9(6-13)22-11(23)3-2-8-4-10(7-21-12(8)22)25-15(18,19)14(16,17)20/h4,7,9,24H,2-3,5-6H2,1H3. The van der Waals surface area contributed by atoms with E-state index in [1.54, 1.807) is 17.9 Å². The molecular weight excluding hydrogens is 379 g/mol. The molecule has 2 heterocycles. The van der Waals surface area contributed by atoms with Gasteiger partial charge in [0.25, 0.3) is 0 Å². The molecule has 1 aromatic heterocycles. The van der Waals surface area contributed by atoms with Crippen LogP contribution in [0.1, 0.15) is 31.7 Å². The molecule has 3 rings (SSSR count). The van der Waals surface area contributed by atoms with Crippen molar-refractivity contribution in [1.82, 2.24) is 4.98 Å². The Kier molecular flexibility index (Phi) is 4.60. The summed E-state index contributed by atoms with van der Waals surface area (Å²) in [7, 11) is 22.9. The molecule has 1 fully saturated rings. The number of hydrogen-bond donors (Lipinski definition) is 1. The van der Waals surface area contributed by atoms with E-state index < -0.39 is 15.1 Å². The minimum absolute atomic E-state index is 0.00422. The van der Waals surface area contributed by atoms with Crippen molar-refractivity contribution >= 4 is 59.0 Å². The SMILES string of the molecule is [B]C([B])(Br)C([B])([B])Oc1cnc2c(c1)CCC(=O)N2C1CC(C)(O)C1. The monoisotopic (exact) mass is 394 g/mol. The molecule has 1 aliphatic heterocycles. The molecule has 1 aromatic rings. The molecule has 0 aromatic carbocycles. The molecule has 0 unspecified atom stereocenters. The van der Waals surface area contributed by atoms with Crippen LogP contribution in [-0.4, -0.2) is 68.5 Å². The van der Waals surface area contributed by atoms with Crippen molar-refractivity contribution in [2.45, 2.75) is 53.8 Å². The van der Waals surface area contributed by atoms with Gasteiger partial charge in [-0.25, -0.2) is 4.98 Å². The molecule has 2 aliphatic rings. The lowest BCUT2D eigenvalue weighted by Gasteiger charge is -2.47. The van der Waals surface area contributed by atoms with Crippen molar-refractivity contribution in [3.05, 3.63) is 17.8 Å². The average Bonchev–Trinajstić information content (AvgIpc) is 2.43. The third kappa shape index (κ3) is 3.65. The van der Waals surface area contributed by atoms with Crippen LogP contribution in [0.2, 0.25) is 0 Å². The largest absolute Gasteiger partial charge is 0.505 e. The van der Waals surface area contributed by atoms with Crippen LogP contribution in [0.5, 0.6) is 5.75 Å². The maximum atomic E-state index is 12.3. The first-order chi connectivity index (χ1) is 11.4. The molecule has 8 radical (unpaired) electrons. The summed E-state index contributed by atoms with van der Waals surface area (Å²) < 4.78 is 3.84. The summed E-state index contributed by atoms with van der Waals surface area (Å²) in [5.41, 5.74) is 0.111. The Balaban J connectivity index is 1.85. The van der Waals surface area contributed by atoms with Gasteiger partial charge in [-0.1, -0.05) is 0 Å². The number of rotatable bonds is 4. The Hall–Kier alpha value is -0.880. The molecule has 0 spiro atoms. The second kappa shape index (κ2) is 6.08. The van der Waals surface area contributed by atoms with E-state index in [2.05, 4.69) is 20.9 Å². The van der Waals surface area contributed by atoms with E-state index >= 15 is 0 Å². The number of carbonyl (C=O) groups excluding carboxylic acids is 1. The maximum Gasteiger partial charge on any atom is 0.228 e. The minimum Gasteiger partial charge on any atom is -0.505 e. The number of amides is 1. The van der Waals surface area contributed by atoms with E-state index in [1.165, 1.54) is 6.20 Å². The zero-order valence-electron chi connectivity index (χ0n) is 13.9. The molecule has 0 saturated heterocycles. The van der Waals surface area contributed by atoms with E-state index in [1.807, 2.05) is 0 Å². The van der Waals surface area contributed by atoms with Crippen LogP contribution in [0.25, 0.3) is 0 Å². The first-order valence-corrected chi connectivity index (χ1v) is 8.76.